The molecule has 0 aliphatic rings. The molecule has 0 fully saturated rings. The Bertz CT molecular complexity index is 464. The molecule has 0 saturated heterocycles. The van der Waals surface area contributed by atoms with Crippen LogP contribution in [-0.2, 0) is 6.54 Å². The van der Waals surface area contributed by atoms with Crippen LogP contribution in [0, 0.1) is 6.92 Å². The minimum Gasteiger partial charge on any atom is -0.360 e. The average Bonchev–Trinajstić information content (AvgIpc) is 2.81. The molecule has 1 atom stereocenters. The summed E-state index contributed by atoms with van der Waals surface area (Å²) >= 11 is 0. The first kappa shape index (κ1) is 12.8. The van der Waals surface area contributed by atoms with E-state index in [2.05, 4.69) is 41.7 Å². The first-order chi connectivity index (χ1) is 8.79. The van der Waals surface area contributed by atoms with Crippen molar-refractivity contribution in [2.45, 2.75) is 39.3 Å². The van der Waals surface area contributed by atoms with Gasteiger partial charge in [0.15, 0.2) is 5.76 Å². The van der Waals surface area contributed by atoms with E-state index < -0.39 is 0 Å². The molecule has 2 rings (SSSR count). The standard InChI is InChI=1S/C15H20N2O/c1-3-7-15(13-8-5-4-6-9-13)16-11-14-10-12(2)17-18-14/h4-6,8-10,15-16H,3,7,11H2,1-2H3. The summed E-state index contributed by atoms with van der Waals surface area (Å²) in [5.41, 5.74) is 2.26. The van der Waals surface area contributed by atoms with Crippen molar-refractivity contribution in [2.75, 3.05) is 0 Å². The predicted octanol–water partition coefficient (Wildman–Crippen LogP) is 3.61. The molecule has 0 aliphatic heterocycles. The Labute approximate surface area is 108 Å². The second kappa shape index (κ2) is 6.36. The van der Waals surface area contributed by atoms with Crippen LogP contribution in [0.4, 0.5) is 0 Å². The van der Waals surface area contributed by atoms with Crippen molar-refractivity contribution >= 4 is 0 Å². The second-order valence-electron chi connectivity index (χ2n) is 4.57. The van der Waals surface area contributed by atoms with Crippen LogP contribution in [0.3, 0.4) is 0 Å². The molecular weight excluding hydrogens is 224 g/mol. The number of hydrogen-bond donors (Lipinski definition) is 1. The quantitative estimate of drug-likeness (QED) is 0.843. The molecule has 2 aromatic rings. The van der Waals surface area contributed by atoms with Crippen molar-refractivity contribution in [3.8, 4) is 0 Å². The van der Waals surface area contributed by atoms with Gasteiger partial charge in [0.05, 0.1) is 12.2 Å². The van der Waals surface area contributed by atoms with Gasteiger partial charge in [-0.3, -0.25) is 0 Å². The third-order valence-electron chi connectivity index (χ3n) is 2.98. The minimum atomic E-state index is 0.376. The van der Waals surface area contributed by atoms with Crippen molar-refractivity contribution in [1.82, 2.24) is 10.5 Å². The maximum Gasteiger partial charge on any atom is 0.150 e. The molecule has 1 heterocycles. The van der Waals surface area contributed by atoms with Crippen LogP contribution in [0.1, 0.15) is 42.8 Å². The lowest BCUT2D eigenvalue weighted by molar-refractivity contribution is 0.357. The summed E-state index contributed by atoms with van der Waals surface area (Å²) in [7, 11) is 0. The van der Waals surface area contributed by atoms with E-state index >= 15 is 0 Å². The van der Waals surface area contributed by atoms with E-state index in [1.165, 1.54) is 5.56 Å². The molecule has 0 aliphatic carbocycles. The summed E-state index contributed by atoms with van der Waals surface area (Å²) in [5.74, 6) is 0.893. The van der Waals surface area contributed by atoms with Gasteiger partial charge in [-0.15, -0.1) is 0 Å². The molecule has 0 amide bonds. The van der Waals surface area contributed by atoms with Crippen molar-refractivity contribution in [2.24, 2.45) is 0 Å². The van der Waals surface area contributed by atoms with Crippen molar-refractivity contribution < 1.29 is 4.52 Å². The number of aryl methyl sites for hydroxylation is 1. The number of nitrogens with one attached hydrogen (secondary N) is 1. The molecule has 18 heavy (non-hydrogen) atoms. The van der Waals surface area contributed by atoms with E-state index in [9.17, 15) is 0 Å². The van der Waals surface area contributed by atoms with Gasteiger partial charge in [0.1, 0.15) is 0 Å². The Morgan fingerprint density at radius 3 is 2.67 bits per heavy atom. The summed E-state index contributed by atoms with van der Waals surface area (Å²) < 4.78 is 5.22. The number of rotatable bonds is 6. The highest BCUT2D eigenvalue weighted by Crippen LogP contribution is 2.18. The molecule has 3 heteroatoms. The molecule has 0 saturated carbocycles. The van der Waals surface area contributed by atoms with Crippen LogP contribution in [-0.4, -0.2) is 5.16 Å². The molecule has 1 aromatic carbocycles. The van der Waals surface area contributed by atoms with Crippen LogP contribution in [0.25, 0.3) is 0 Å². The van der Waals surface area contributed by atoms with Crippen molar-refractivity contribution in [3.05, 3.63) is 53.4 Å². The Morgan fingerprint density at radius 2 is 2.06 bits per heavy atom. The summed E-state index contributed by atoms with van der Waals surface area (Å²) in [4.78, 5) is 0. The second-order valence-corrected chi connectivity index (χ2v) is 4.57. The fourth-order valence-corrected chi connectivity index (χ4v) is 2.08. The van der Waals surface area contributed by atoms with E-state index in [-0.39, 0.29) is 0 Å². The van der Waals surface area contributed by atoms with Crippen LogP contribution >= 0.6 is 0 Å². The van der Waals surface area contributed by atoms with E-state index in [1.807, 2.05) is 19.1 Å². The molecule has 0 radical (unpaired) electrons. The molecule has 3 nitrogen and oxygen atoms in total. The summed E-state index contributed by atoms with van der Waals surface area (Å²) in [6, 6.07) is 12.9. The summed E-state index contributed by atoms with van der Waals surface area (Å²) in [6.07, 6.45) is 2.28. The molecule has 1 unspecified atom stereocenters. The Balaban J connectivity index is 1.98. The first-order valence-corrected chi connectivity index (χ1v) is 6.50. The Morgan fingerprint density at radius 1 is 1.28 bits per heavy atom. The molecule has 0 bridgehead atoms. The topological polar surface area (TPSA) is 38.1 Å². The van der Waals surface area contributed by atoms with Gasteiger partial charge < -0.3 is 9.84 Å². The Hall–Kier alpha value is -1.61. The maximum atomic E-state index is 5.22. The molecule has 0 spiro atoms. The smallest absolute Gasteiger partial charge is 0.150 e. The van der Waals surface area contributed by atoms with Gasteiger partial charge in [-0.2, -0.15) is 0 Å². The summed E-state index contributed by atoms with van der Waals surface area (Å²) in [6.45, 7) is 4.87. The van der Waals surface area contributed by atoms with E-state index in [1.54, 1.807) is 0 Å². The number of benzene rings is 1. The third kappa shape index (κ3) is 3.44. The zero-order valence-electron chi connectivity index (χ0n) is 11.0. The molecular formula is C15H20N2O. The van der Waals surface area contributed by atoms with Gasteiger partial charge in [0.25, 0.3) is 0 Å². The Kier molecular flexibility index (Phi) is 4.53. The highest BCUT2D eigenvalue weighted by molar-refractivity contribution is 5.19. The fraction of sp³-hybridized carbons (Fsp3) is 0.400. The van der Waals surface area contributed by atoms with E-state index in [4.69, 9.17) is 4.52 Å². The predicted molar refractivity (Wildman–Crippen MR) is 72.2 cm³/mol. The zero-order chi connectivity index (χ0) is 12.8. The monoisotopic (exact) mass is 244 g/mol. The van der Waals surface area contributed by atoms with Gasteiger partial charge in [-0.05, 0) is 18.9 Å². The van der Waals surface area contributed by atoms with Gasteiger partial charge >= 0.3 is 0 Å². The van der Waals surface area contributed by atoms with Gasteiger partial charge in [0.2, 0.25) is 0 Å². The molecule has 96 valence electrons. The number of aromatic nitrogens is 1. The average molecular weight is 244 g/mol. The third-order valence-corrected chi connectivity index (χ3v) is 2.98. The molecule has 1 aromatic heterocycles. The fourth-order valence-electron chi connectivity index (χ4n) is 2.08. The minimum absolute atomic E-state index is 0.376. The lowest BCUT2D eigenvalue weighted by atomic mass is 10.0. The van der Waals surface area contributed by atoms with E-state index in [0.29, 0.717) is 6.04 Å². The van der Waals surface area contributed by atoms with Crippen molar-refractivity contribution in [1.29, 1.82) is 0 Å². The van der Waals surface area contributed by atoms with Gasteiger partial charge in [0, 0.05) is 12.1 Å². The van der Waals surface area contributed by atoms with Gasteiger partial charge in [-0.25, -0.2) is 0 Å². The summed E-state index contributed by atoms with van der Waals surface area (Å²) in [5, 5.41) is 7.43. The van der Waals surface area contributed by atoms with Crippen LogP contribution in [0.5, 0.6) is 0 Å². The number of hydrogen-bond acceptors (Lipinski definition) is 3. The first-order valence-electron chi connectivity index (χ1n) is 6.50. The lowest BCUT2D eigenvalue weighted by Gasteiger charge is -2.17. The molecule has 1 N–H and O–H groups in total. The zero-order valence-corrected chi connectivity index (χ0v) is 11.0. The van der Waals surface area contributed by atoms with Crippen LogP contribution in [0.2, 0.25) is 0 Å². The highest BCUT2D eigenvalue weighted by Gasteiger charge is 2.10. The highest BCUT2D eigenvalue weighted by atomic mass is 16.5. The number of nitrogens with zero attached hydrogens (tertiary/aromatic N) is 1. The van der Waals surface area contributed by atoms with Crippen LogP contribution in [0.15, 0.2) is 40.9 Å². The lowest BCUT2D eigenvalue weighted by Crippen LogP contribution is -2.20. The van der Waals surface area contributed by atoms with Gasteiger partial charge in [-0.1, -0.05) is 48.8 Å². The van der Waals surface area contributed by atoms with Crippen molar-refractivity contribution in [3.63, 3.8) is 0 Å². The van der Waals surface area contributed by atoms with E-state index in [0.717, 1.165) is 30.8 Å². The maximum absolute atomic E-state index is 5.22. The van der Waals surface area contributed by atoms with Crippen LogP contribution < -0.4 is 5.32 Å². The normalized spacial score (nSPS) is 12.6. The SMILES string of the molecule is CCCC(NCc1cc(C)no1)c1ccccc1. The largest absolute Gasteiger partial charge is 0.360 e.